The van der Waals surface area contributed by atoms with E-state index >= 15 is 0 Å². The third kappa shape index (κ3) is 4.13. The molecule has 3 aliphatic heterocycles. The normalized spacial score (nSPS) is 16.9. The summed E-state index contributed by atoms with van der Waals surface area (Å²) in [6, 6.07) is 10.3. The number of aliphatic imine (C=N–C) groups is 1. The number of nitrogens with zero attached hydrogens (tertiary/aromatic N) is 3. The van der Waals surface area contributed by atoms with Gasteiger partial charge < -0.3 is 19.6 Å². The fraction of sp³-hybridized carbons (Fsp3) is 0.182. The molecule has 1 amide bonds. The molecule has 2 aromatic carbocycles. The fourth-order valence-electron chi connectivity index (χ4n) is 3.69. The second-order valence-corrected chi connectivity index (χ2v) is 8.27. The third-order valence-electron chi connectivity index (χ3n) is 5.11. The molecule has 0 saturated carbocycles. The van der Waals surface area contributed by atoms with Gasteiger partial charge in [-0.05, 0) is 35.9 Å². The molecule has 160 valence electrons. The minimum absolute atomic E-state index is 0. The van der Waals surface area contributed by atoms with E-state index in [0.717, 1.165) is 35.1 Å². The van der Waals surface area contributed by atoms with Crippen molar-refractivity contribution in [2.24, 2.45) is 4.99 Å². The number of rotatable bonds is 3. The standard InChI is InChI=1S/C22H18ClN3O3S.ClH/c23-15-11-17(19-13-30-22-24-7-8-26(19)22)21-18(12-15)25(9-10-29-21)20(28)6-3-14-1-4-16(27)5-2-14;/h1-6,11-13,27H,7-10H2;1H. The molecule has 1 N–H and O–H groups in total. The van der Waals surface area contributed by atoms with Crippen LogP contribution >= 0.6 is 35.8 Å². The number of carbonyl (C=O) groups is 1. The van der Waals surface area contributed by atoms with Gasteiger partial charge in [0.25, 0.3) is 5.91 Å². The van der Waals surface area contributed by atoms with Crippen LogP contribution in [0.15, 0.2) is 52.9 Å². The first-order chi connectivity index (χ1) is 14.6. The molecule has 3 aliphatic rings. The van der Waals surface area contributed by atoms with E-state index in [1.807, 2.05) is 6.07 Å². The van der Waals surface area contributed by atoms with Gasteiger partial charge in [0.1, 0.15) is 12.4 Å². The summed E-state index contributed by atoms with van der Waals surface area (Å²) in [6.07, 6.45) is 3.25. The lowest BCUT2D eigenvalue weighted by molar-refractivity contribution is -0.114. The first kappa shape index (κ1) is 21.6. The number of carbonyl (C=O) groups excluding carboxylic acids is 1. The summed E-state index contributed by atoms with van der Waals surface area (Å²) in [5, 5.41) is 13.0. The topological polar surface area (TPSA) is 65.4 Å². The second kappa shape index (κ2) is 8.86. The van der Waals surface area contributed by atoms with Crippen molar-refractivity contribution in [2.75, 3.05) is 31.1 Å². The second-order valence-electron chi connectivity index (χ2n) is 7.00. The van der Waals surface area contributed by atoms with Crippen molar-refractivity contribution in [1.29, 1.82) is 0 Å². The number of phenols is 1. The zero-order valence-electron chi connectivity index (χ0n) is 16.3. The van der Waals surface area contributed by atoms with Crippen LogP contribution in [0.1, 0.15) is 11.1 Å². The molecule has 0 fully saturated rings. The highest BCUT2D eigenvalue weighted by Gasteiger charge is 2.32. The van der Waals surface area contributed by atoms with Gasteiger partial charge in [0, 0.05) is 28.6 Å². The number of fused-ring (bicyclic) bond motifs is 2. The van der Waals surface area contributed by atoms with Gasteiger partial charge in [0.2, 0.25) is 0 Å². The number of anilines is 1. The van der Waals surface area contributed by atoms with E-state index in [0.29, 0.717) is 29.6 Å². The lowest BCUT2D eigenvalue weighted by Crippen LogP contribution is -2.37. The predicted octanol–water partition coefficient (Wildman–Crippen LogP) is 4.62. The van der Waals surface area contributed by atoms with Crippen molar-refractivity contribution in [3.63, 3.8) is 0 Å². The molecule has 0 unspecified atom stereocenters. The molecule has 0 aliphatic carbocycles. The van der Waals surface area contributed by atoms with Crippen LogP contribution in [-0.4, -0.2) is 47.3 Å². The molecular weight excluding hydrogens is 457 g/mol. The van der Waals surface area contributed by atoms with E-state index in [9.17, 15) is 9.90 Å². The van der Waals surface area contributed by atoms with Gasteiger partial charge in [-0.3, -0.25) is 9.79 Å². The van der Waals surface area contributed by atoms with E-state index in [1.54, 1.807) is 53.1 Å². The van der Waals surface area contributed by atoms with Crippen molar-refractivity contribution in [1.82, 2.24) is 4.90 Å². The molecule has 5 rings (SSSR count). The molecule has 3 heterocycles. The molecule has 0 radical (unpaired) electrons. The highest BCUT2D eigenvalue weighted by molar-refractivity contribution is 8.16. The van der Waals surface area contributed by atoms with Crippen molar-refractivity contribution in [3.05, 3.63) is 64.0 Å². The number of thioether (sulfide) groups is 1. The third-order valence-corrected chi connectivity index (χ3v) is 6.23. The SMILES string of the molecule is Cl.O=C(C=Cc1ccc(O)cc1)N1CCOc2c(C3=CSC4=NCCN34)cc(Cl)cc21. The zero-order chi connectivity index (χ0) is 20.7. The Morgan fingerprint density at radius 3 is 2.84 bits per heavy atom. The van der Waals surface area contributed by atoms with Gasteiger partial charge in [-0.15, -0.1) is 12.4 Å². The molecule has 0 aromatic heterocycles. The minimum Gasteiger partial charge on any atom is -0.508 e. The van der Waals surface area contributed by atoms with Crippen LogP contribution in [0, 0.1) is 0 Å². The quantitative estimate of drug-likeness (QED) is 0.655. The van der Waals surface area contributed by atoms with Gasteiger partial charge in [0.15, 0.2) is 10.9 Å². The Bertz CT molecular complexity index is 1120. The molecule has 0 atom stereocenters. The van der Waals surface area contributed by atoms with Crippen molar-refractivity contribution in [2.45, 2.75) is 0 Å². The highest BCUT2D eigenvalue weighted by atomic mass is 35.5. The lowest BCUT2D eigenvalue weighted by Gasteiger charge is -2.31. The predicted molar refractivity (Wildman–Crippen MR) is 128 cm³/mol. The summed E-state index contributed by atoms with van der Waals surface area (Å²) in [5.41, 5.74) is 3.37. The smallest absolute Gasteiger partial charge is 0.251 e. The Kier molecular flexibility index (Phi) is 6.18. The number of amidine groups is 1. The van der Waals surface area contributed by atoms with Gasteiger partial charge in [-0.1, -0.05) is 35.5 Å². The molecule has 6 nitrogen and oxygen atoms in total. The number of hydrogen-bond donors (Lipinski definition) is 1. The van der Waals surface area contributed by atoms with Crippen LogP contribution in [0.25, 0.3) is 11.8 Å². The number of amides is 1. The lowest BCUT2D eigenvalue weighted by atomic mass is 10.1. The van der Waals surface area contributed by atoms with Crippen LogP contribution in [0.2, 0.25) is 5.02 Å². The molecule has 31 heavy (non-hydrogen) atoms. The molecule has 2 aromatic rings. The summed E-state index contributed by atoms with van der Waals surface area (Å²) in [5.74, 6) is 0.699. The maximum absolute atomic E-state index is 13.0. The van der Waals surface area contributed by atoms with Crippen LogP contribution < -0.4 is 9.64 Å². The van der Waals surface area contributed by atoms with Crippen molar-refractivity contribution >= 4 is 64.3 Å². The maximum atomic E-state index is 13.0. The van der Waals surface area contributed by atoms with Crippen LogP contribution in [0.4, 0.5) is 5.69 Å². The maximum Gasteiger partial charge on any atom is 0.251 e. The van der Waals surface area contributed by atoms with Gasteiger partial charge >= 0.3 is 0 Å². The van der Waals surface area contributed by atoms with E-state index in [1.165, 1.54) is 6.08 Å². The average molecular weight is 476 g/mol. The Morgan fingerprint density at radius 1 is 1.23 bits per heavy atom. The largest absolute Gasteiger partial charge is 0.508 e. The van der Waals surface area contributed by atoms with Gasteiger partial charge in [0.05, 0.1) is 24.5 Å². The van der Waals surface area contributed by atoms with E-state index in [2.05, 4.69) is 15.3 Å². The summed E-state index contributed by atoms with van der Waals surface area (Å²) in [7, 11) is 0. The Balaban J connectivity index is 0.00000231. The first-order valence-electron chi connectivity index (χ1n) is 9.54. The van der Waals surface area contributed by atoms with Crippen LogP contribution in [0.3, 0.4) is 0 Å². The summed E-state index contributed by atoms with van der Waals surface area (Å²) < 4.78 is 6.01. The number of hydrogen-bond acceptors (Lipinski definition) is 6. The Hall–Kier alpha value is -2.61. The number of aromatic hydroxyl groups is 1. The number of phenolic OH excluding ortho intramolecular Hbond substituents is 1. The number of ether oxygens (including phenoxy) is 1. The monoisotopic (exact) mass is 475 g/mol. The molecular formula is C22H19Cl2N3O3S. The summed E-state index contributed by atoms with van der Waals surface area (Å²) >= 11 is 8.03. The van der Waals surface area contributed by atoms with Gasteiger partial charge in [-0.2, -0.15) is 0 Å². The molecule has 0 saturated heterocycles. The number of halogens is 2. The van der Waals surface area contributed by atoms with E-state index < -0.39 is 0 Å². The summed E-state index contributed by atoms with van der Waals surface area (Å²) in [4.78, 5) is 21.3. The van der Waals surface area contributed by atoms with E-state index in [-0.39, 0.29) is 24.1 Å². The zero-order valence-corrected chi connectivity index (χ0v) is 18.7. The highest BCUT2D eigenvalue weighted by Crippen LogP contribution is 2.45. The van der Waals surface area contributed by atoms with Crippen molar-refractivity contribution < 1.29 is 14.6 Å². The molecule has 9 heteroatoms. The van der Waals surface area contributed by atoms with E-state index in [4.69, 9.17) is 16.3 Å². The first-order valence-corrected chi connectivity index (χ1v) is 10.8. The Morgan fingerprint density at radius 2 is 2.03 bits per heavy atom. The fourth-order valence-corrected chi connectivity index (χ4v) is 4.85. The Labute approximate surface area is 195 Å². The van der Waals surface area contributed by atoms with Crippen LogP contribution in [-0.2, 0) is 4.79 Å². The van der Waals surface area contributed by atoms with Gasteiger partial charge in [-0.25, -0.2) is 0 Å². The minimum atomic E-state index is -0.154. The average Bonchev–Trinajstić information content (AvgIpc) is 3.36. The number of benzene rings is 2. The molecule has 0 spiro atoms. The summed E-state index contributed by atoms with van der Waals surface area (Å²) in [6.45, 7) is 2.45. The van der Waals surface area contributed by atoms with Crippen LogP contribution in [0.5, 0.6) is 11.5 Å². The van der Waals surface area contributed by atoms with Crippen molar-refractivity contribution in [3.8, 4) is 11.5 Å². The molecule has 0 bridgehead atoms.